The summed E-state index contributed by atoms with van der Waals surface area (Å²) >= 11 is 0. The van der Waals surface area contributed by atoms with Crippen LogP contribution in [0.3, 0.4) is 0 Å². The van der Waals surface area contributed by atoms with Gasteiger partial charge in [-0.15, -0.1) is 0 Å². The van der Waals surface area contributed by atoms with Crippen molar-refractivity contribution < 1.29 is 23.7 Å². The van der Waals surface area contributed by atoms with Crippen LogP contribution >= 0.6 is 7.82 Å². The molecule has 0 radical (unpaired) electrons. The van der Waals surface area contributed by atoms with E-state index in [-0.39, 0.29) is 59.1 Å². The quantitative estimate of drug-likeness (QED) is 0.467. The van der Waals surface area contributed by atoms with Gasteiger partial charge in [0.25, 0.3) is 0 Å². The van der Waals surface area contributed by atoms with Crippen LogP contribution in [0.25, 0.3) is 11.0 Å². The Bertz CT molecular complexity index is 414. The predicted octanol–water partition coefficient (Wildman–Crippen LogP) is 0.207. The van der Waals surface area contributed by atoms with E-state index in [0.717, 1.165) is 11.0 Å². The summed E-state index contributed by atoms with van der Waals surface area (Å²) in [6.45, 7) is 0. The Hall–Kier alpha value is 0.870. The molecule has 0 atom stereocenters. The van der Waals surface area contributed by atoms with Crippen molar-refractivity contribution in [1.29, 1.82) is 0 Å². The molecule has 1 aromatic carbocycles. The molecule has 8 heteroatoms. The molecule has 0 unspecified atom stereocenters. The van der Waals surface area contributed by atoms with Gasteiger partial charge in [0, 0.05) is 5.39 Å². The molecule has 0 saturated carbocycles. The predicted molar refractivity (Wildman–Crippen MR) is 64.8 cm³/mol. The molecule has 5 nitrogen and oxygen atoms in total. The Morgan fingerprint density at radius 1 is 1.00 bits per heavy atom. The van der Waals surface area contributed by atoms with Crippen molar-refractivity contribution in [3.63, 3.8) is 0 Å². The Morgan fingerprint density at radius 3 is 2.00 bits per heavy atom. The van der Waals surface area contributed by atoms with Gasteiger partial charge in [-0.1, -0.05) is 18.2 Å². The number of para-hydroxylation sites is 1. The molecule has 1 heterocycles. The molecule has 3 N–H and O–H groups in total. The van der Waals surface area contributed by atoms with E-state index in [1.807, 2.05) is 30.3 Å². The maximum absolute atomic E-state index is 8.88. The van der Waals surface area contributed by atoms with Gasteiger partial charge in [0.2, 0.25) is 0 Å². The summed E-state index contributed by atoms with van der Waals surface area (Å²) in [5.74, 6) is 0. The second-order valence-corrected chi connectivity index (χ2v) is 3.50. The summed E-state index contributed by atoms with van der Waals surface area (Å²) < 4.78 is 14.0. The maximum atomic E-state index is 8.88. The molecule has 0 saturated heterocycles. The van der Waals surface area contributed by atoms with Crippen LogP contribution in [0.5, 0.6) is 0 Å². The Kier molecular flexibility index (Phi) is 10.7. The largest absolute Gasteiger partial charge is 0.464 e. The fraction of sp³-hybridized carbons (Fsp3) is 0. The SMILES string of the molecule is O=P(O)(O)O.[NaH].[NaH].c1ccc2occc2c1. The molecule has 0 aliphatic carbocycles. The summed E-state index contributed by atoms with van der Waals surface area (Å²) in [6.07, 6.45) is 1.70. The molecule has 1 aromatic heterocycles. The zero-order chi connectivity index (χ0) is 10.6. The summed E-state index contributed by atoms with van der Waals surface area (Å²) in [4.78, 5) is 21.6. The van der Waals surface area contributed by atoms with Crippen molar-refractivity contribution in [3.8, 4) is 0 Å². The molecular weight excluding hydrogens is 253 g/mol. The van der Waals surface area contributed by atoms with Crippen molar-refractivity contribution in [3.05, 3.63) is 36.6 Å². The van der Waals surface area contributed by atoms with Gasteiger partial charge in [0.1, 0.15) is 5.58 Å². The molecule has 80 valence electrons. The van der Waals surface area contributed by atoms with E-state index in [9.17, 15) is 0 Å². The van der Waals surface area contributed by atoms with Crippen LogP contribution in [0.15, 0.2) is 41.0 Å². The van der Waals surface area contributed by atoms with Gasteiger partial charge in [-0.2, -0.15) is 0 Å². The molecule has 0 amide bonds. The number of fused-ring (bicyclic) bond motifs is 1. The molecule has 0 fully saturated rings. The van der Waals surface area contributed by atoms with Gasteiger partial charge >= 0.3 is 66.9 Å². The first-order chi connectivity index (χ1) is 6.47. The number of benzene rings is 1. The smallest absolute Gasteiger partial charge is 0.133 e. The molecule has 2 aromatic rings. The second-order valence-electron chi connectivity index (χ2n) is 2.47. The third-order valence-corrected chi connectivity index (χ3v) is 1.36. The van der Waals surface area contributed by atoms with Crippen LogP contribution < -0.4 is 0 Å². The minimum atomic E-state index is -4.64. The van der Waals surface area contributed by atoms with Crippen molar-refractivity contribution in [2.45, 2.75) is 0 Å². The molecule has 0 aliphatic heterocycles. The molecular formula is C8H11Na2O5P. The first kappa shape index (κ1) is 19.2. The van der Waals surface area contributed by atoms with Crippen LogP contribution in [0.1, 0.15) is 0 Å². The standard InChI is InChI=1S/C8H6O.2Na.H3O4P.2H/c1-2-4-8-7(3-1)5-6-9-8;;;1-5(2,3)4;;/h1-6H;;;(H3,1,2,3,4);;. The van der Waals surface area contributed by atoms with Gasteiger partial charge in [-0.05, 0) is 12.1 Å². The van der Waals surface area contributed by atoms with E-state index in [4.69, 9.17) is 23.7 Å². The Morgan fingerprint density at radius 2 is 1.50 bits per heavy atom. The molecule has 2 rings (SSSR count). The molecule has 0 spiro atoms. The zero-order valence-electron chi connectivity index (χ0n) is 7.07. The fourth-order valence-electron chi connectivity index (χ4n) is 0.906. The van der Waals surface area contributed by atoms with Gasteiger partial charge in [0.15, 0.2) is 0 Å². The molecule has 0 bridgehead atoms. The van der Waals surface area contributed by atoms with Crippen LogP contribution in [-0.4, -0.2) is 73.8 Å². The first-order valence-electron chi connectivity index (χ1n) is 3.67. The van der Waals surface area contributed by atoms with Crippen molar-refractivity contribution in [2.75, 3.05) is 0 Å². The number of hydrogen-bond acceptors (Lipinski definition) is 2. The van der Waals surface area contributed by atoms with E-state index >= 15 is 0 Å². The van der Waals surface area contributed by atoms with E-state index < -0.39 is 7.82 Å². The third kappa shape index (κ3) is 8.96. The van der Waals surface area contributed by atoms with Crippen LogP contribution in [-0.2, 0) is 4.57 Å². The Labute approximate surface area is 137 Å². The summed E-state index contributed by atoms with van der Waals surface area (Å²) in [5.41, 5.74) is 0.956. The van der Waals surface area contributed by atoms with Crippen molar-refractivity contribution in [2.24, 2.45) is 0 Å². The van der Waals surface area contributed by atoms with Crippen LogP contribution in [0.2, 0.25) is 0 Å². The van der Waals surface area contributed by atoms with E-state index in [1.54, 1.807) is 6.26 Å². The topological polar surface area (TPSA) is 90.9 Å². The second kappa shape index (κ2) is 8.89. The zero-order valence-corrected chi connectivity index (χ0v) is 7.96. The number of furan rings is 1. The van der Waals surface area contributed by atoms with Gasteiger partial charge in [-0.3, -0.25) is 0 Å². The molecule has 0 aliphatic rings. The van der Waals surface area contributed by atoms with Crippen LogP contribution in [0.4, 0.5) is 0 Å². The van der Waals surface area contributed by atoms with Gasteiger partial charge in [-0.25, -0.2) is 4.57 Å². The monoisotopic (exact) mass is 264 g/mol. The summed E-state index contributed by atoms with van der Waals surface area (Å²) in [6, 6.07) is 9.90. The third-order valence-electron chi connectivity index (χ3n) is 1.36. The van der Waals surface area contributed by atoms with E-state index in [1.165, 1.54) is 0 Å². The fourth-order valence-corrected chi connectivity index (χ4v) is 0.906. The van der Waals surface area contributed by atoms with Crippen molar-refractivity contribution >= 4 is 77.9 Å². The van der Waals surface area contributed by atoms with E-state index in [0.29, 0.717) is 0 Å². The van der Waals surface area contributed by atoms with Gasteiger partial charge in [0.05, 0.1) is 6.26 Å². The summed E-state index contributed by atoms with van der Waals surface area (Å²) in [7, 11) is -4.64. The number of rotatable bonds is 0. The average molecular weight is 264 g/mol. The van der Waals surface area contributed by atoms with E-state index in [2.05, 4.69) is 0 Å². The Balaban J connectivity index is 0. The minimum Gasteiger partial charge on any atom is -0.464 e. The number of phosphoric acid groups is 1. The van der Waals surface area contributed by atoms with Crippen LogP contribution in [0, 0.1) is 0 Å². The normalized spacial score (nSPS) is 9.44. The average Bonchev–Trinajstić information content (AvgIpc) is 2.47. The first-order valence-corrected chi connectivity index (χ1v) is 5.24. The van der Waals surface area contributed by atoms with Gasteiger partial charge < -0.3 is 19.1 Å². The number of hydrogen-bond donors (Lipinski definition) is 3. The summed E-state index contributed by atoms with van der Waals surface area (Å²) in [5, 5.41) is 1.16. The minimum absolute atomic E-state index is 0. The van der Waals surface area contributed by atoms with Crippen molar-refractivity contribution in [1.82, 2.24) is 0 Å². The molecule has 16 heavy (non-hydrogen) atoms. The maximum Gasteiger partial charge on any atom is 0.133 e.